The van der Waals surface area contributed by atoms with E-state index < -0.39 is 12.0 Å². The lowest BCUT2D eigenvalue weighted by Crippen LogP contribution is -2.40. The first kappa shape index (κ1) is 12.4. The van der Waals surface area contributed by atoms with Gasteiger partial charge in [-0.1, -0.05) is 6.42 Å². The maximum Gasteiger partial charge on any atom is 0.326 e. The molecule has 1 N–H and O–H groups in total. The van der Waals surface area contributed by atoms with Gasteiger partial charge in [-0.3, -0.25) is 4.98 Å². The molecule has 5 nitrogen and oxygen atoms in total. The molecule has 102 valence electrons. The van der Waals surface area contributed by atoms with Gasteiger partial charge in [-0.05, 0) is 38.5 Å². The first-order chi connectivity index (χ1) is 9.08. The van der Waals surface area contributed by atoms with Crippen LogP contribution in [-0.2, 0) is 4.79 Å². The molecule has 1 aromatic heterocycles. The Morgan fingerprint density at radius 2 is 2.21 bits per heavy atom. The Bertz CT molecular complexity index is 517. The van der Waals surface area contributed by atoms with Gasteiger partial charge in [0.15, 0.2) is 5.82 Å². The number of carboxylic acids is 1. The van der Waals surface area contributed by atoms with Crippen molar-refractivity contribution in [1.29, 1.82) is 0 Å². The molecule has 1 saturated carbocycles. The van der Waals surface area contributed by atoms with Crippen LogP contribution in [0.2, 0.25) is 0 Å². The van der Waals surface area contributed by atoms with Gasteiger partial charge >= 0.3 is 5.97 Å². The topological polar surface area (TPSA) is 66.3 Å². The number of fused-ring (bicyclic) bond motifs is 1. The highest BCUT2D eigenvalue weighted by Crippen LogP contribution is 2.43. The SMILES string of the molecule is Cc1cnc(C)c(N2CC3CCCC3C2C(=O)O)n1. The van der Waals surface area contributed by atoms with Gasteiger partial charge < -0.3 is 10.0 Å². The van der Waals surface area contributed by atoms with Crippen molar-refractivity contribution < 1.29 is 9.90 Å². The summed E-state index contributed by atoms with van der Waals surface area (Å²) in [6.07, 6.45) is 5.05. The third-order valence-corrected chi connectivity index (χ3v) is 4.47. The first-order valence-electron chi connectivity index (χ1n) is 6.87. The van der Waals surface area contributed by atoms with Gasteiger partial charge in [0, 0.05) is 12.7 Å². The van der Waals surface area contributed by atoms with Crippen molar-refractivity contribution in [2.75, 3.05) is 11.4 Å². The molecule has 1 saturated heterocycles. The molecule has 2 fully saturated rings. The predicted molar refractivity (Wildman–Crippen MR) is 71.1 cm³/mol. The van der Waals surface area contributed by atoms with Crippen molar-refractivity contribution >= 4 is 11.8 Å². The van der Waals surface area contributed by atoms with Crippen LogP contribution < -0.4 is 4.90 Å². The van der Waals surface area contributed by atoms with E-state index in [1.165, 1.54) is 0 Å². The quantitative estimate of drug-likeness (QED) is 0.879. The predicted octanol–water partition coefficient (Wildman–Crippen LogP) is 1.78. The van der Waals surface area contributed by atoms with Crippen LogP contribution in [-0.4, -0.2) is 33.6 Å². The van der Waals surface area contributed by atoms with E-state index in [0.717, 1.165) is 43.0 Å². The van der Waals surface area contributed by atoms with Crippen LogP contribution in [0.3, 0.4) is 0 Å². The molecular weight excluding hydrogens is 242 g/mol. The fourth-order valence-electron chi connectivity index (χ4n) is 3.64. The van der Waals surface area contributed by atoms with E-state index in [9.17, 15) is 9.90 Å². The van der Waals surface area contributed by atoms with Crippen LogP contribution in [0.1, 0.15) is 30.7 Å². The van der Waals surface area contributed by atoms with Crippen LogP contribution in [0, 0.1) is 25.7 Å². The molecule has 19 heavy (non-hydrogen) atoms. The van der Waals surface area contributed by atoms with E-state index in [2.05, 4.69) is 9.97 Å². The minimum absolute atomic E-state index is 0.277. The van der Waals surface area contributed by atoms with Gasteiger partial charge in [0.25, 0.3) is 0 Å². The molecule has 2 aliphatic rings. The third kappa shape index (κ3) is 1.97. The van der Waals surface area contributed by atoms with E-state index in [-0.39, 0.29) is 5.92 Å². The number of hydrogen-bond donors (Lipinski definition) is 1. The van der Waals surface area contributed by atoms with E-state index in [0.29, 0.717) is 5.92 Å². The van der Waals surface area contributed by atoms with Crippen LogP contribution in [0.4, 0.5) is 5.82 Å². The van der Waals surface area contributed by atoms with Gasteiger partial charge in [-0.25, -0.2) is 9.78 Å². The maximum absolute atomic E-state index is 11.6. The van der Waals surface area contributed by atoms with Gasteiger partial charge in [-0.15, -0.1) is 0 Å². The fourth-order valence-corrected chi connectivity index (χ4v) is 3.64. The zero-order chi connectivity index (χ0) is 13.6. The number of aliphatic carboxylic acids is 1. The summed E-state index contributed by atoms with van der Waals surface area (Å²) in [5.74, 6) is 0.806. The van der Waals surface area contributed by atoms with Crippen molar-refractivity contribution in [2.24, 2.45) is 11.8 Å². The largest absolute Gasteiger partial charge is 0.480 e. The molecule has 0 aromatic carbocycles. The standard InChI is InChI=1S/C14H19N3O2/c1-8-6-15-9(2)13(16-8)17-7-10-4-3-5-11(10)12(17)14(18)19/h6,10-12H,3-5,7H2,1-2H3,(H,18,19). The Labute approximate surface area is 112 Å². The van der Waals surface area contributed by atoms with Crippen LogP contribution in [0.25, 0.3) is 0 Å². The van der Waals surface area contributed by atoms with Crippen LogP contribution >= 0.6 is 0 Å². The highest BCUT2D eigenvalue weighted by Gasteiger charge is 2.48. The molecular formula is C14H19N3O2. The summed E-state index contributed by atoms with van der Waals surface area (Å²) in [5, 5.41) is 9.56. The van der Waals surface area contributed by atoms with Gasteiger partial charge in [0.1, 0.15) is 6.04 Å². The Hall–Kier alpha value is -1.65. The summed E-state index contributed by atoms with van der Waals surface area (Å²) in [6, 6.07) is -0.428. The summed E-state index contributed by atoms with van der Waals surface area (Å²) >= 11 is 0. The van der Waals surface area contributed by atoms with Crippen LogP contribution in [0.15, 0.2) is 6.20 Å². The third-order valence-electron chi connectivity index (χ3n) is 4.47. The molecule has 3 atom stereocenters. The van der Waals surface area contributed by atoms with E-state index in [1.54, 1.807) is 6.20 Å². The minimum Gasteiger partial charge on any atom is -0.480 e. The maximum atomic E-state index is 11.6. The van der Waals surface area contributed by atoms with Crippen molar-refractivity contribution in [3.8, 4) is 0 Å². The summed E-state index contributed by atoms with van der Waals surface area (Å²) in [5.41, 5.74) is 1.65. The molecule has 0 radical (unpaired) electrons. The Morgan fingerprint density at radius 3 is 2.95 bits per heavy atom. The Morgan fingerprint density at radius 1 is 1.42 bits per heavy atom. The molecule has 0 spiro atoms. The lowest BCUT2D eigenvalue weighted by molar-refractivity contribution is -0.139. The highest BCUT2D eigenvalue weighted by molar-refractivity contribution is 5.79. The molecule has 5 heteroatoms. The summed E-state index contributed by atoms with van der Waals surface area (Å²) < 4.78 is 0. The van der Waals surface area contributed by atoms with Crippen molar-refractivity contribution in [1.82, 2.24) is 9.97 Å². The number of rotatable bonds is 2. The second-order valence-electron chi connectivity index (χ2n) is 5.71. The average Bonchev–Trinajstić information content (AvgIpc) is 2.91. The smallest absolute Gasteiger partial charge is 0.326 e. The van der Waals surface area contributed by atoms with Crippen molar-refractivity contribution in [2.45, 2.75) is 39.2 Å². The molecule has 0 amide bonds. The number of aryl methyl sites for hydroxylation is 2. The first-order valence-corrected chi connectivity index (χ1v) is 6.87. The zero-order valence-corrected chi connectivity index (χ0v) is 11.3. The highest BCUT2D eigenvalue weighted by atomic mass is 16.4. The normalized spacial score (nSPS) is 29.6. The van der Waals surface area contributed by atoms with Gasteiger partial charge in [0.2, 0.25) is 0 Å². The van der Waals surface area contributed by atoms with Gasteiger partial charge in [0.05, 0.1) is 11.4 Å². The number of aromatic nitrogens is 2. The lowest BCUT2D eigenvalue weighted by Gasteiger charge is -2.26. The number of nitrogens with zero attached hydrogens (tertiary/aromatic N) is 3. The second-order valence-corrected chi connectivity index (χ2v) is 5.71. The summed E-state index contributed by atoms with van der Waals surface area (Å²) in [7, 11) is 0. The number of anilines is 1. The lowest BCUT2D eigenvalue weighted by atomic mass is 9.94. The number of carboxylic acid groups (broad SMARTS) is 1. The zero-order valence-electron chi connectivity index (χ0n) is 11.3. The minimum atomic E-state index is -0.725. The second kappa shape index (κ2) is 4.47. The summed E-state index contributed by atoms with van der Waals surface area (Å²) in [4.78, 5) is 22.4. The molecule has 1 aliphatic heterocycles. The van der Waals surface area contributed by atoms with Crippen LogP contribution in [0.5, 0.6) is 0 Å². The fraction of sp³-hybridized carbons (Fsp3) is 0.643. The molecule has 3 unspecified atom stereocenters. The average molecular weight is 261 g/mol. The number of hydrogen-bond acceptors (Lipinski definition) is 4. The summed E-state index contributed by atoms with van der Waals surface area (Å²) in [6.45, 7) is 4.60. The molecule has 1 aliphatic carbocycles. The Kier molecular flexibility index (Phi) is 2.92. The Balaban J connectivity index is 1.99. The molecule has 1 aromatic rings. The van der Waals surface area contributed by atoms with Crippen molar-refractivity contribution in [3.63, 3.8) is 0 Å². The van der Waals surface area contributed by atoms with E-state index >= 15 is 0 Å². The number of carbonyl (C=O) groups is 1. The molecule has 3 rings (SSSR count). The van der Waals surface area contributed by atoms with E-state index in [1.807, 2.05) is 18.7 Å². The monoisotopic (exact) mass is 261 g/mol. The van der Waals surface area contributed by atoms with E-state index in [4.69, 9.17) is 0 Å². The molecule has 2 heterocycles. The molecule has 0 bridgehead atoms. The van der Waals surface area contributed by atoms with Gasteiger partial charge in [-0.2, -0.15) is 0 Å². The van der Waals surface area contributed by atoms with Crippen molar-refractivity contribution in [3.05, 3.63) is 17.6 Å².